The lowest BCUT2D eigenvalue weighted by atomic mass is 9.72. The zero-order valence-corrected chi connectivity index (χ0v) is 17.8. The van der Waals surface area contributed by atoms with Gasteiger partial charge in [0, 0.05) is 38.3 Å². The second-order valence-electron chi connectivity index (χ2n) is 9.46. The van der Waals surface area contributed by atoms with Gasteiger partial charge in [-0.3, -0.25) is 14.5 Å². The number of aryl methyl sites for hydroxylation is 1. The Labute approximate surface area is 177 Å². The fraction of sp³-hybridized carbons (Fsp3) is 0.773. The maximum Gasteiger partial charge on any atom is 0.269 e. The molecule has 0 aromatic carbocycles. The molecular weight excluding hydrogens is 382 g/mol. The van der Waals surface area contributed by atoms with E-state index in [1.165, 1.54) is 19.3 Å². The van der Waals surface area contributed by atoms with Crippen molar-refractivity contribution >= 4 is 11.8 Å². The number of H-pyrrole nitrogens is 1. The SMILES string of the molecule is Cc1ncc(C(=O)NC[C@H]2[C@H]3C[C@@H](CN(C(=O)[C@@H]4CCCO4)C3)[C@@H]3CCCCN32)[nH]1. The number of nitrogens with zero attached hydrogens (tertiary/aromatic N) is 3. The topological polar surface area (TPSA) is 90.6 Å². The summed E-state index contributed by atoms with van der Waals surface area (Å²) in [6, 6.07) is 0.797. The Balaban J connectivity index is 1.30. The molecule has 5 heterocycles. The normalized spacial score (nSPS) is 33.9. The molecule has 1 aromatic heterocycles. The first kappa shape index (κ1) is 20.0. The Morgan fingerprint density at radius 2 is 2.10 bits per heavy atom. The summed E-state index contributed by atoms with van der Waals surface area (Å²) in [4.78, 5) is 37.5. The molecule has 0 spiro atoms. The van der Waals surface area contributed by atoms with Crippen molar-refractivity contribution in [3.8, 4) is 0 Å². The van der Waals surface area contributed by atoms with Crippen molar-refractivity contribution in [1.82, 2.24) is 25.1 Å². The largest absolute Gasteiger partial charge is 0.368 e. The van der Waals surface area contributed by atoms with E-state index in [1.807, 2.05) is 6.92 Å². The van der Waals surface area contributed by atoms with Gasteiger partial charge < -0.3 is 19.9 Å². The van der Waals surface area contributed by atoms with Crippen molar-refractivity contribution in [1.29, 1.82) is 0 Å². The maximum absolute atomic E-state index is 13.1. The molecule has 30 heavy (non-hydrogen) atoms. The minimum absolute atomic E-state index is 0.102. The third kappa shape index (κ3) is 3.75. The number of carbonyl (C=O) groups excluding carboxylic acids is 2. The van der Waals surface area contributed by atoms with Crippen LogP contribution in [-0.4, -0.2) is 82.6 Å². The van der Waals surface area contributed by atoms with Crippen molar-refractivity contribution in [2.75, 3.05) is 32.8 Å². The van der Waals surface area contributed by atoms with Crippen LogP contribution in [0.5, 0.6) is 0 Å². The Hall–Kier alpha value is -1.93. The van der Waals surface area contributed by atoms with Crippen LogP contribution in [0, 0.1) is 18.8 Å². The summed E-state index contributed by atoms with van der Waals surface area (Å²) in [5, 5.41) is 3.14. The van der Waals surface area contributed by atoms with Crippen LogP contribution < -0.4 is 5.32 Å². The number of carbonyl (C=O) groups is 2. The van der Waals surface area contributed by atoms with Crippen molar-refractivity contribution in [3.63, 3.8) is 0 Å². The highest BCUT2D eigenvalue weighted by Crippen LogP contribution is 2.41. The Kier molecular flexibility index (Phi) is 5.54. The molecule has 0 unspecified atom stereocenters. The molecule has 4 fully saturated rings. The van der Waals surface area contributed by atoms with Gasteiger partial charge in [-0.25, -0.2) is 4.98 Å². The highest BCUT2D eigenvalue weighted by molar-refractivity contribution is 5.92. The summed E-state index contributed by atoms with van der Waals surface area (Å²) in [5.74, 6) is 1.76. The summed E-state index contributed by atoms with van der Waals surface area (Å²) in [7, 11) is 0. The van der Waals surface area contributed by atoms with Crippen molar-refractivity contribution in [2.24, 2.45) is 11.8 Å². The molecule has 8 nitrogen and oxygen atoms in total. The smallest absolute Gasteiger partial charge is 0.269 e. The molecule has 1 aromatic rings. The van der Waals surface area contributed by atoms with Gasteiger partial charge in [0.15, 0.2) is 0 Å². The lowest BCUT2D eigenvalue weighted by Crippen LogP contribution is -2.66. The monoisotopic (exact) mass is 415 g/mol. The molecule has 2 amide bonds. The number of hydrogen-bond donors (Lipinski definition) is 2. The fourth-order valence-electron chi connectivity index (χ4n) is 6.17. The van der Waals surface area contributed by atoms with E-state index in [4.69, 9.17) is 4.74 Å². The second-order valence-corrected chi connectivity index (χ2v) is 9.46. The van der Waals surface area contributed by atoms with E-state index in [-0.39, 0.29) is 24.0 Å². The molecule has 0 saturated carbocycles. The van der Waals surface area contributed by atoms with Gasteiger partial charge in [-0.05, 0) is 57.4 Å². The van der Waals surface area contributed by atoms with E-state index >= 15 is 0 Å². The highest BCUT2D eigenvalue weighted by Gasteiger charge is 2.48. The van der Waals surface area contributed by atoms with Gasteiger partial charge in [0.2, 0.25) is 0 Å². The number of ether oxygens (including phenoxy) is 1. The number of imidazole rings is 1. The number of nitrogens with one attached hydrogen (secondary N) is 2. The number of piperidine rings is 3. The number of amides is 2. The van der Waals surface area contributed by atoms with Crippen LogP contribution in [0.1, 0.15) is 54.8 Å². The molecule has 0 aliphatic carbocycles. The first-order valence-corrected chi connectivity index (χ1v) is 11.6. The average Bonchev–Trinajstić information content (AvgIpc) is 3.45. The third-order valence-electron chi connectivity index (χ3n) is 7.56. The van der Waals surface area contributed by atoms with E-state index in [0.29, 0.717) is 36.7 Å². The Bertz CT molecular complexity index is 789. The highest BCUT2D eigenvalue weighted by atomic mass is 16.5. The second kappa shape index (κ2) is 8.30. The van der Waals surface area contributed by atoms with Gasteiger partial charge in [0.25, 0.3) is 11.8 Å². The van der Waals surface area contributed by atoms with E-state index in [2.05, 4.69) is 25.1 Å². The van der Waals surface area contributed by atoms with Gasteiger partial charge in [-0.1, -0.05) is 6.42 Å². The summed E-state index contributed by atoms with van der Waals surface area (Å²) < 4.78 is 5.69. The summed E-state index contributed by atoms with van der Waals surface area (Å²) in [6.07, 6.45) is 8.01. The third-order valence-corrected chi connectivity index (χ3v) is 7.56. The van der Waals surface area contributed by atoms with E-state index in [1.54, 1.807) is 6.20 Å². The average molecular weight is 416 g/mol. The first-order valence-electron chi connectivity index (χ1n) is 11.6. The molecule has 0 radical (unpaired) electrons. The number of rotatable bonds is 4. The van der Waals surface area contributed by atoms with Crippen LogP contribution in [0.2, 0.25) is 0 Å². The summed E-state index contributed by atoms with van der Waals surface area (Å²) in [5.41, 5.74) is 0.509. The van der Waals surface area contributed by atoms with Crippen LogP contribution in [0.3, 0.4) is 0 Å². The summed E-state index contributed by atoms with van der Waals surface area (Å²) in [6.45, 7) is 5.91. The van der Waals surface area contributed by atoms with Gasteiger partial charge >= 0.3 is 0 Å². The molecule has 8 heteroatoms. The Morgan fingerprint density at radius 3 is 2.87 bits per heavy atom. The maximum atomic E-state index is 13.1. The molecule has 4 aliphatic heterocycles. The van der Waals surface area contributed by atoms with Crippen molar-refractivity contribution in [2.45, 2.75) is 63.6 Å². The minimum Gasteiger partial charge on any atom is -0.368 e. The van der Waals surface area contributed by atoms with E-state index < -0.39 is 0 Å². The lowest BCUT2D eigenvalue weighted by molar-refractivity contribution is -0.150. The number of likely N-dealkylation sites (tertiary alicyclic amines) is 1. The van der Waals surface area contributed by atoms with Gasteiger partial charge in [0.05, 0.1) is 6.20 Å². The predicted molar refractivity (Wildman–Crippen MR) is 111 cm³/mol. The van der Waals surface area contributed by atoms with Crippen LogP contribution in [0.25, 0.3) is 0 Å². The van der Waals surface area contributed by atoms with Crippen LogP contribution >= 0.6 is 0 Å². The van der Waals surface area contributed by atoms with Gasteiger partial charge in [-0.15, -0.1) is 0 Å². The molecule has 4 saturated heterocycles. The molecule has 2 bridgehead atoms. The fourth-order valence-corrected chi connectivity index (χ4v) is 6.17. The number of aromatic nitrogens is 2. The molecule has 2 N–H and O–H groups in total. The van der Waals surface area contributed by atoms with Crippen molar-refractivity contribution < 1.29 is 14.3 Å². The molecular formula is C22H33N5O3. The number of hydrogen-bond acceptors (Lipinski definition) is 5. The number of fused-ring (bicyclic) bond motifs is 4. The quantitative estimate of drug-likeness (QED) is 0.774. The van der Waals surface area contributed by atoms with Crippen molar-refractivity contribution in [3.05, 3.63) is 17.7 Å². The van der Waals surface area contributed by atoms with Crippen LogP contribution in [0.15, 0.2) is 6.20 Å². The zero-order valence-electron chi connectivity index (χ0n) is 17.8. The molecule has 5 atom stereocenters. The van der Waals surface area contributed by atoms with Gasteiger partial charge in [0.1, 0.15) is 17.6 Å². The van der Waals surface area contributed by atoms with Crippen LogP contribution in [0.4, 0.5) is 0 Å². The molecule has 4 aliphatic rings. The van der Waals surface area contributed by atoms with Crippen LogP contribution in [-0.2, 0) is 9.53 Å². The molecule has 5 rings (SSSR count). The Morgan fingerprint density at radius 1 is 1.23 bits per heavy atom. The van der Waals surface area contributed by atoms with Gasteiger partial charge in [-0.2, -0.15) is 0 Å². The zero-order chi connectivity index (χ0) is 20.7. The minimum atomic E-state index is -0.243. The van der Waals surface area contributed by atoms with E-state index in [0.717, 1.165) is 44.7 Å². The molecule has 164 valence electrons. The number of aromatic amines is 1. The predicted octanol–water partition coefficient (Wildman–Crippen LogP) is 1.33. The standard InChI is InChI=1S/C22H33N5O3/c1-14-23-10-17(25-14)21(28)24-11-19-16-9-15(18-5-2-3-7-27(18)19)12-26(13-16)22(29)20-6-4-8-30-20/h10,15-16,18-20H,2-9,11-13H2,1H3,(H,23,25)(H,24,28)/t15-,16-,18-,19-,20-/m0/s1. The van der Waals surface area contributed by atoms with E-state index in [9.17, 15) is 9.59 Å². The summed E-state index contributed by atoms with van der Waals surface area (Å²) >= 11 is 0. The first-order chi connectivity index (χ1) is 14.6. The lowest BCUT2D eigenvalue weighted by Gasteiger charge is -2.57.